The molecule has 2 heterocycles. The second-order valence-electron chi connectivity index (χ2n) is 7.31. The van der Waals surface area contributed by atoms with E-state index in [9.17, 15) is 4.79 Å². The Hall–Kier alpha value is -1.23. The third-order valence-electron chi connectivity index (χ3n) is 5.46. The van der Waals surface area contributed by atoms with Gasteiger partial charge in [0.15, 0.2) is 0 Å². The van der Waals surface area contributed by atoms with Crippen LogP contribution in [0.25, 0.3) is 10.9 Å². The summed E-state index contributed by atoms with van der Waals surface area (Å²) in [7, 11) is 0. The lowest BCUT2D eigenvalue weighted by molar-refractivity contribution is -0.169. The molecule has 0 radical (unpaired) electrons. The smallest absolute Gasteiger partial charge is 0.314 e. The van der Waals surface area contributed by atoms with E-state index in [0.717, 1.165) is 48.5 Å². The Morgan fingerprint density at radius 1 is 1.36 bits per heavy atom. The number of rotatable bonds is 3. The van der Waals surface area contributed by atoms with Crippen LogP contribution >= 0.6 is 24.0 Å². The largest absolute Gasteiger partial charge is 0.462 e. The lowest BCUT2D eigenvalue weighted by atomic mass is 9.62. The van der Waals surface area contributed by atoms with Gasteiger partial charge >= 0.3 is 5.97 Å². The summed E-state index contributed by atoms with van der Waals surface area (Å²) in [6, 6.07) is 5.94. The molecule has 6 heteroatoms. The van der Waals surface area contributed by atoms with Crippen LogP contribution in [0.15, 0.2) is 18.2 Å². The predicted octanol–water partition coefficient (Wildman–Crippen LogP) is 4.55. The van der Waals surface area contributed by atoms with Gasteiger partial charge in [0.1, 0.15) is 0 Å². The first-order valence-electron chi connectivity index (χ1n) is 8.76. The van der Waals surface area contributed by atoms with Gasteiger partial charge in [-0.25, -0.2) is 0 Å². The highest BCUT2D eigenvalue weighted by Gasteiger charge is 2.54. The number of ether oxygens (including phenoxy) is 1. The van der Waals surface area contributed by atoms with Gasteiger partial charge in [-0.1, -0.05) is 18.0 Å². The Bertz CT molecular complexity index is 796. The number of carbonyl (C=O) groups excluding carboxylic acids is 1. The number of H-pyrrole nitrogens is 1. The summed E-state index contributed by atoms with van der Waals surface area (Å²) in [6.07, 6.45) is 3.70. The second kappa shape index (κ2) is 6.82. The highest BCUT2D eigenvalue weighted by Crippen LogP contribution is 2.53. The van der Waals surface area contributed by atoms with Crippen LogP contribution in [0.1, 0.15) is 50.4 Å². The van der Waals surface area contributed by atoms with E-state index in [1.54, 1.807) is 0 Å². The van der Waals surface area contributed by atoms with Gasteiger partial charge in [0, 0.05) is 21.6 Å². The first kappa shape index (κ1) is 18.6. The number of hydrogen-bond donors (Lipinski definition) is 2. The molecular weight excluding hydrogens is 359 g/mol. The van der Waals surface area contributed by atoms with E-state index in [0.29, 0.717) is 0 Å². The van der Waals surface area contributed by atoms with Crippen molar-refractivity contribution in [2.75, 3.05) is 6.54 Å². The minimum Gasteiger partial charge on any atom is -0.462 e. The van der Waals surface area contributed by atoms with Crippen LogP contribution in [0.4, 0.5) is 0 Å². The zero-order valence-electron chi connectivity index (χ0n) is 14.5. The number of nitrogens with one attached hydrogen (secondary N) is 2. The number of carbonyl (C=O) groups is 1. The van der Waals surface area contributed by atoms with Crippen molar-refractivity contribution >= 4 is 40.9 Å². The van der Waals surface area contributed by atoms with Crippen molar-refractivity contribution in [1.29, 1.82) is 0 Å². The number of fused-ring (bicyclic) bond motifs is 3. The van der Waals surface area contributed by atoms with E-state index in [4.69, 9.17) is 16.3 Å². The fourth-order valence-electron chi connectivity index (χ4n) is 4.17. The van der Waals surface area contributed by atoms with Crippen molar-refractivity contribution in [3.8, 4) is 0 Å². The van der Waals surface area contributed by atoms with E-state index in [1.807, 2.05) is 32.0 Å². The van der Waals surface area contributed by atoms with Gasteiger partial charge in [-0.3, -0.25) is 4.79 Å². The molecule has 1 atom stereocenters. The lowest BCUT2D eigenvalue weighted by Gasteiger charge is -2.47. The average Bonchev–Trinajstić information content (AvgIpc) is 2.84. The summed E-state index contributed by atoms with van der Waals surface area (Å²) < 4.78 is 5.61. The standard InChI is InChI=1S/C19H23ClN2O2.ClH/c1-11(2)24-18(23)19(7-3-8-19)17-16-13(6-9-21-17)14-10-12(20)4-5-15(14)22-16;/h4-5,10-11,17,21-22H,3,6-9H2,1-2H3;1H. The van der Waals surface area contributed by atoms with Crippen LogP contribution in [0.5, 0.6) is 0 Å². The average molecular weight is 383 g/mol. The minimum atomic E-state index is -0.440. The number of esters is 1. The normalized spacial score (nSPS) is 21.4. The zero-order chi connectivity index (χ0) is 16.9. The van der Waals surface area contributed by atoms with Crippen molar-refractivity contribution in [2.24, 2.45) is 5.41 Å². The summed E-state index contributed by atoms with van der Waals surface area (Å²) in [4.78, 5) is 16.4. The van der Waals surface area contributed by atoms with Crippen molar-refractivity contribution in [3.05, 3.63) is 34.5 Å². The Labute approximate surface area is 159 Å². The topological polar surface area (TPSA) is 54.1 Å². The highest BCUT2D eigenvalue weighted by atomic mass is 35.5. The fraction of sp³-hybridized carbons (Fsp3) is 0.526. The molecule has 1 saturated carbocycles. The molecule has 1 fully saturated rings. The summed E-state index contributed by atoms with van der Waals surface area (Å²) >= 11 is 6.19. The number of halogens is 2. The van der Waals surface area contributed by atoms with Gasteiger partial charge in [0.25, 0.3) is 0 Å². The number of hydrogen-bond acceptors (Lipinski definition) is 3. The molecule has 2 N–H and O–H groups in total. The van der Waals surface area contributed by atoms with E-state index in [-0.39, 0.29) is 30.5 Å². The maximum atomic E-state index is 12.8. The van der Waals surface area contributed by atoms with Crippen LogP contribution < -0.4 is 5.32 Å². The molecule has 1 unspecified atom stereocenters. The SMILES string of the molecule is CC(C)OC(=O)C1(C2NCCc3c2[nH]c2ccc(Cl)cc32)CCC1.Cl. The van der Waals surface area contributed by atoms with Crippen LogP contribution in [-0.2, 0) is 16.0 Å². The Morgan fingerprint density at radius 2 is 2.12 bits per heavy atom. The molecule has 1 aromatic heterocycles. The summed E-state index contributed by atoms with van der Waals surface area (Å²) in [5.41, 5.74) is 3.08. The Kier molecular flexibility index (Phi) is 5.06. The highest BCUT2D eigenvalue weighted by molar-refractivity contribution is 6.31. The van der Waals surface area contributed by atoms with Gasteiger partial charge in [0.2, 0.25) is 0 Å². The second-order valence-corrected chi connectivity index (χ2v) is 7.74. The summed E-state index contributed by atoms with van der Waals surface area (Å²) in [5, 5.41) is 5.51. The summed E-state index contributed by atoms with van der Waals surface area (Å²) in [5.74, 6) is -0.0641. The molecule has 0 spiro atoms. The monoisotopic (exact) mass is 382 g/mol. The third kappa shape index (κ3) is 2.94. The first-order chi connectivity index (χ1) is 11.5. The zero-order valence-corrected chi connectivity index (χ0v) is 16.1. The fourth-order valence-corrected chi connectivity index (χ4v) is 4.34. The molecule has 4 rings (SSSR count). The number of benzene rings is 1. The molecule has 0 saturated heterocycles. The molecule has 0 bridgehead atoms. The molecule has 136 valence electrons. The number of aromatic amines is 1. The molecule has 1 aliphatic heterocycles. The molecule has 1 aromatic carbocycles. The van der Waals surface area contributed by atoms with Crippen molar-refractivity contribution in [3.63, 3.8) is 0 Å². The summed E-state index contributed by atoms with van der Waals surface area (Å²) in [6.45, 7) is 4.69. The van der Waals surface area contributed by atoms with E-state index < -0.39 is 5.41 Å². The number of aromatic nitrogens is 1. The van der Waals surface area contributed by atoms with Gasteiger partial charge in [-0.2, -0.15) is 0 Å². The molecule has 25 heavy (non-hydrogen) atoms. The first-order valence-corrected chi connectivity index (χ1v) is 9.13. The lowest BCUT2D eigenvalue weighted by Crippen LogP contribution is -2.52. The predicted molar refractivity (Wildman–Crippen MR) is 103 cm³/mol. The maximum Gasteiger partial charge on any atom is 0.314 e. The van der Waals surface area contributed by atoms with Crippen molar-refractivity contribution < 1.29 is 9.53 Å². The van der Waals surface area contributed by atoms with Crippen LogP contribution in [0.2, 0.25) is 5.02 Å². The molecule has 2 aromatic rings. The van der Waals surface area contributed by atoms with Gasteiger partial charge in [-0.15, -0.1) is 12.4 Å². The molecule has 0 amide bonds. The van der Waals surface area contributed by atoms with Crippen LogP contribution in [0.3, 0.4) is 0 Å². The van der Waals surface area contributed by atoms with E-state index >= 15 is 0 Å². The molecular formula is C19H24Cl2N2O2. The molecule has 1 aliphatic carbocycles. The molecule has 4 nitrogen and oxygen atoms in total. The Balaban J connectivity index is 0.00000182. The third-order valence-corrected chi connectivity index (χ3v) is 5.70. The van der Waals surface area contributed by atoms with Crippen molar-refractivity contribution in [1.82, 2.24) is 10.3 Å². The van der Waals surface area contributed by atoms with Gasteiger partial charge in [-0.05, 0) is 63.4 Å². The van der Waals surface area contributed by atoms with Crippen LogP contribution in [0, 0.1) is 5.41 Å². The van der Waals surface area contributed by atoms with Crippen molar-refractivity contribution in [2.45, 2.75) is 51.7 Å². The minimum absolute atomic E-state index is 0. The maximum absolute atomic E-state index is 12.8. The quantitative estimate of drug-likeness (QED) is 0.765. The van der Waals surface area contributed by atoms with E-state index in [1.165, 1.54) is 10.9 Å². The van der Waals surface area contributed by atoms with Crippen LogP contribution in [-0.4, -0.2) is 23.6 Å². The molecule has 2 aliphatic rings. The van der Waals surface area contributed by atoms with Gasteiger partial charge < -0.3 is 15.0 Å². The van der Waals surface area contributed by atoms with Gasteiger partial charge in [0.05, 0.1) is 17.6 Å². The Morgan fingerprint density at radius 3 is 2.76 bits per heavy atom. The van der Waals surface area contributed by atoms with E-state index in [2.05, 4.69) is 10.3 Å².